The van der Waals surface area contributed by atoms with Gasteiger partial charge in [-0.15, -0.1) is 9.36 Å². The molecule has 1 heterocycles. The lowest BCUT2D eigenvalue weighted by molar-refractivity contribution is -0.747. The van der Waals surface area contributed by atoms with Crippen molar-refractivity contribution in [3.05, 3.63) is 76.6 Å². The monoisotopic (exact) mass is 530 g/mol. The van der Waals surface area contributed by atoms with Crippen LogP contribution >= 0.6 is 0 Å². The SMILES string of the molecule is Cn1n[n+](Cc2ccccc2)cc1-c1ccccc1.O=S(=O)([N-]S(=O)(=O)C(F)(F)F)C(F)(F)F. The van der Waals surface area contributed by atoms with E-state index in [2.05, 4.69) is 47.8 Å². The molecule has 3 rings (SSSR count). The van der Waals surface area contributed by atoms with Gasteiger partial charge < -0.3 is 4.13 Å². The van der Waals surface area contributed by atoms with E-state index in [1.165, 1.54) is 11.1 Å². The molecule has 3 aromatic rings. The molecule has 0 N–H and O–H groups in total. The smallest absolute Gasteiger partial charge is 0.421 e. The van der Waals surface area contributed by atoms with Crippen molar-refractivity contribution in [1.82, 2.24) is 9.90 Å². The van der Waals surface area contributed by atoms with Crippen LogP contribution in [0.2, 0.25) is 0 Å². The molecule has 0 spiro atoms. The highest BCUT2D eigenvalue weighted by Crippen LogP contribution is 2.36. The second-order valence-electron chi connectivity index (χ2n) is 6.49. The fourth-order valence-electron chi connectivity index (χ4n) is 2.40. The van der Waals surface area contributed by atoms with Crippen molar-refractivity contribution in [2.24, 2.45) is 7.05 Å². The maximum Gasteiger partial charge on any atom is 0.480 e. The highest BCUT2D eigenvalue weighted by Gasteiger charge is 2.46. The van der Waals surface area contributed by atoms with Crippen molar-refractivity contribution in [3.63, 3.8) is 0 Å². The van der Waals surface area contributed by atoms with Crippen LogP contribution in [0.1, 0.15) is 5.56 Å². The van der Waals surface area contributed by atoms with Crippen LogP contribution in [0.3, 0.4) is 0 Å². The largest absolute Gasteiger partial charge is 0.480 e. The lowest BCUT2D eigenvalue weighted by Gasteiger charge is -2.22. The molecule has 0 aliphatic heterocycles. The quantitative estimate of drug-likeness (QED) is 0.371. The minimum absolute atomic E-state index is 0.778. The highest BCUT2D eigenvalue weighted by atomic mass is 32.3. The third kappa shape index (κ3) is 7.01. The van der Waals surface area contributed by atoms with Gasteiger partial charge in [0, 0.05) is 5.56 Å². The second-order valence-corrected chi connectivity index (χ2v) is 9.92. The molecule has 0 amide bonds. The van der Waals surface area contributed by atoms with E-state index < -0.39 is 31.1 Å². The number of nitrogens with zero attached hydrogens (tertiary/aromatic N) is 4. The van der Waals surface area contributed by atoms with Gasteiger partial charge in [-0.25, -0.2) is 16.8 Å². The molecule has 186 valence electrons. The normalized spacial score (nSPS) is 12.7. The molecule has 34 heavy (non-hydrogen) atoms. The number of sulfonamides is 2. The Kier molecular flexibility index (Phi) is 8.10. The van der Waals surface area contributed by atoms with Crippen molar-refractivity contribution in [2.45, 2.75) is 17.6 Å². The van der Waals surface area contributed by atoms with Gasteiger partial charge in [-0.1, -0.05) is 60.7 Å². The zero-order valence-electron chi connectivity index (χ0n) is 17.1. The first-order valence-corrected chi connectivity index (χ1v) is 11.8. The van der Waals surface area contributed by atoms with Gasteiger partial charge in [-0.3, -0.25) is 0 Å². The summed E-state index contributed by atoms with van der Waals surface area (Å²) in [6.07, 6.45) is 2.09. The van der Waals surface area contributed by atoms with Crippen molar-refractivity contribution < 1.29 is 47.9 Å². The molecule has 0 aliphatic carbocycles. The Morgan fingerprint density at radius 3 is 1.71 bits per heavy atom. The van der Waals surface area contributed by atoms with Crippen LogP contribution in [-0.4, -0.2) is 37.7 Å². The van der Waals surface area contributed by atoms with Gasteiger partial charge in [0.2, 0.25) is 0 Å². The number of aryl methyl sites for hydroxylation is 1. The first-order valence-electron chi connectivity index (χ1n) is 8.93. The van der Waals surface area contributed by atoms with Gasteiger partial charge in [0.15, 0.2) is 31.9 Å². The van der Waals surface area contributed by atoms with E-state index in [9.17, 15) is 43.2 Å². The zero-order chi connectivity index (χ0) is 25.8. The Morgan fingerprint density at radius 2 is 1.26 bits per heavy atom. The van der Waals surface area contributed by atoms with E-state index in [1.54, 1.807) is 0 Å². The average molecular weight is 530 g/mol. The maximum atomic E-state index is 11.4. The number of halogens is 6. The number of alkyl halides is 6. The lowest BCUT2D eigenvalue weighted by Crippen LogP contribution is -2.36. The Balaban J connectivity index is 0.000000249. The Bertz CT molecular complexity index is 1270. The first kappa shape index (κ1) is 27.3. The van der Waals surface area contributed by atoms with Crippen molar-refractivity contribution in [2.75, 3.05) is 0 Å². The van der Waals surface area contributed by atoms with Crippen LogP contribution in [0.25, 0.3) is 15.4 Å². The Hall–Kier alpha value is -2.98. The number of hydrogen-bond acceptors (Lipinski definition) is 5. The number of benzene rings is 2. The fourth-order valence-corrected chi connectivity index (χ4v) is 4.11. The number of rotatable bonds is 5. The summed E-state index contributed by atoms with van der Waals surface area (Å²) in [6, 6.07) is 20.7. The average Bonchev–Trinajstić information content (AvgIpc) is 3.07. The molecule has 8 nitrogen and oxygen atoms in total. The van der Waals surface area contributed by atoms with Crippen LogP contribution in [0.4, 0.5) is 26.3 Å². The molecule has 16 heteroatoms. The number of hydrogen-bond donors (Lipinski definition) is 0. The molecule has 0 radical (unpaired) electrons. The molecule has 0 aliphatic rings. The molecular formula is C18H16F6N4O4S2. The minimum Gasteiger partial charge on any atom is -0.421 e. The first-order chi connectivity index (χ1) is 15.5. The van der Waals surface area contributed by atoms with E-state index in [0.717, 1.165) is 16.4 Å². The molecule has 0 saturated carbocycles. The van der Waals surface area contributed by atoms with Crippen LogP contribution < -0.4 is 4.68 Å². The predicted octanol–water partition coefficient (Wildman–Crippen LogP) is 3.48. The summed E-state index contributed by atoms with van der Waals surface area (Å²) in [6.45, 7) is 0.793. The number of aromatic nitrogens is 3. The van der Waals surface area contributed by atoms with Crippen molar-refractivity contribution in [3.8, 4) is 11.3 Å². The lowest BCUT2D eigenvalue weighted by atomic mass is 10.2. The van der Waals surface area contributed by atoms with Crippen LogP contribution in [0, 0.1) is 0 Å². The van der Waals surface area contributed by atoms with Gasteiger partial charge in [-0.05, 0) is 5.56 Å². The van der Waals surface area contributed by atoms with Gasteiger partial charge in [0.1, 0.15) is 13.6 Å². The Morgan fingerprint density at radius 1 is 0.824 bits per heavy atom. The molecule has 0 fully saturated rings. The molecular weight excluding hydrogens is 514 g/mol. The summed E-state index contributed by atoms with van der Waals surface area (Å²) < 4.78 is 113. The van der Waals surface area contributed by atoms with E-state index in [4.69, 9.17) is 0 Å². The van der Waals surface area contributed by atoms with E-state index in [-0.39, 0.29) is 0 Å². The summed E-state index contributed by atoms with van der Waals surface area (Å²) >= 11 is 0. The van der Waals surface area contributed by atoms with Crippen LogP contribution in [-0.2, 0) is 33.6 Å². The summed E-state index contributed by atoms with van der Waals surface area (Å²) in [5.74, 6) is 0. The predicted molar refractivity (Wildman–Crippen MR) is 108 cm³/mol. The molecule has 2 aromatic carbocycles. The van der Waals surface area contributed by atoms with Crippen molar-refractivity contribution in [1.29, 1.82) is 0 Å². The van der Waals surface area contributed by atoms with E-state index in [1.807, 2.05) is 40.7 Å². The maximum absolute atomic E-state index is 11.4. The molecule has 0 atom stereocenters. The minimum atomic E-state index is -6.72. The van der Waals surface area contributed by atoms with Gasteiger partial charge in [0.05, 0.1) is 5.21 Å². The third-order valence-electron chi connectivity index (χ3n) is 3.91. The third-order valence-corrected chi connectivity index (χ3v) is 6.65. The summed E-state index contributed by atoms with van der Waals surface area (Å²) in [7, 11) is -11.5. The second kappa shape index (κ2) is 10.1. The van der Waals surface area contributed by atoms with E-state index in [0.29, 0.717) is 0 Å². The summed E-state index contributed by atoms with van der Waals surface area (Å²) in [4.78, 5) is 0. The molecule has 0 unspecified atom stereocenters. The van der Waals surface area contributed by atoms with E-state index >= 15 is 0 Å². The molecule has 1 aromatic heterocycles. The zero-order valence-corrected chi connectivity index (χ0v) is 18.7. The van der Waals surface area contributed by atoms with Crippen LogP contribution in [0.15, 0.2) is 66.9 Å². The van der Waals surface area contributed by atoms with Gasteiger partial charge >= 0.3 is 11.0 Å². The summed E-state index contributed by atoms with van der Waals surface area (Å²) in [5.41, 5.74) is -8.84. The van der Waals surface area contributed by atoms with Gasteiger partial charge in [-0.2, -0.15) is 26.3 Å². The fraction of sp³-hybridized carbons (Fsp3) is 0.222. The molecule has 0 bridgehead atoms. The standard InChI is InChI=1S/C16H16N3.C2F6NO4S2/c1-18-16(15-10-6-3-7-11-15)13-19(17-18)12-14-8-4-2-5-9-14;3-1(4,5)14(10,11)9-15(12,13)2(6,7)8/h2-11,13H,12H2,1H3;/q+1;-1. The van der Waals surface area contributed by atoms with Crippen LogP contribution in [0.5, 0.6) is 0 Å². The van der Waals surface area contributed by atoms with Gasteiger partial charge in [0.25, 0.3) is 0 Å². The Labute approximate surface area is 190 Å². The highest BCUT2D eigenvalue weighted by molar-refractivity contribution is 8.13. The topological polar surface area (TPSA) is 104 Å². The molecule has 0 saturated heterocycles. The van der Waals surface area contributed by atoms with Crippen molar-refractivity contribution >= 4 is 20.0 Å². The summed E-state index contributed by atoms with van der Waals surface area (Å²) in [5, 5.41) is 4.52.